The third kappa shape index (κ3) is 0.804. The van der Waals surface area contributed by atoms with Crippen molar-refractivity contribution in [2.45, 2.75) is 0 Å². The minimum absolute atomic E-state index is 1.03. The Kier molecular flexibility index (Phi) is 1.02. The third-order valence-electron chi connectivity index (χ3n) is 0.352. The maximum Gasteiger partial charge on any atom is 0.502 e. The summed E-state index contributed by atoms with van der Waals surface area (Å²) in [6, 6.07) is 0. The fourth-order valence-corrected chi connectivity index (χ4v) is 0.561. The van der Waals surface area contributed by atoms with E-state index in [4.69, 9.17) is 4.89 Å². The summed E-state index contributed by atoms with van der Waals surface area (Å²) >= 11 is 4.26. The van der Waals surface area contributed by atoms with Crippen molar-refractivity contribution < 1.29 is 13.8 Å². The Morgan fingerprint density at radius 2 is 2.00 bits per heavy atom. The molecular weight excluding hydrogens is 122 g/mol. The molecule has 1 saturated heterocycles. The Labute approximate surface area is 40.8 Å². The van der Waals surface area contributed by atoms with Gasteiger partial charge in [-0.2, -0.15) is 0 Å². The van der Waals surface area contributed by atoms with Crippen LogP contribution >= 0.6 is 6.72 Å². The van der Waals surface area contributed by atoms with E-state index < -0.39 is 6.72 Å². The average molecular weight is 123 g/mol. The lowest BCUT2D eigenvalue weighted by atomic mass is 10.4. The second-order valence-electron chi connectivity index (χ2n) is 0.776. The normalized spacial score (nSPS) is 27.5. The van der Waals surface area contributed by atoms with E-state index in [0.29, 0.717) is 0 Å². The van der Waals surface area contributed by atoms with Gasteiger partial charge in [0.25, 0.3) is 6.72 Å². The molecule has 0 amide bonds. The van der Waals surface area contributed by atoms with Crippen LogP contribution < -0.4 is 0 Å². The van der Waals surface area contributed by atoms with Gasteiger partial charge < -0.3 is 13.8 Å². The molecule has 0 aromatic carbocycles. The molecule has 0 spiro atoms. The van der Waals surface area contributed by atoms with Crippen LogP contribution in [0.4, 0.5) is 0 Å². The average Bonchev–Trinajstić information content (AvgIpc) is 1.32. The van der Waals surface area contributed by atoms with Crippen molar-refractivity contribution in [2.75, 3.05) is 0 Å². The largest absolute Gasteiger partial charge is 0.502 e. The van der Waals surface area contributed by atoms with Gasteiger partial charge in [-0.05, 0) is 11.8 Å². The molecule has 33 valence electrons. The van der Waals surface area contributed by atoms with Crippen LogP contribution in [0.5, 0.6) is 0 Å². The van der Waals surface area contributed by atoms with Crippen molar-refractivity contribution in [2.24, 2.45) is 0 Å². The predicted octanol–water partition coefficient (Wildman–Crippen LogP) is -0.216. The molecule has 1 rings (SSSR count). The molecule has 0 bridgehead atoms. The van der Waals surface area contributed by atoms with Crippen molar-refractivity contribution in [3.8, 4) is 0 Å². The van der Waals surface area contributed by atoms with Gasteiger partial charge in [-0.15, -0.1) is 0 Å². The Bertz CT molecular complexity index is 93.0. The predicted molar refractivity (Wildman–Crippen MR) is 24.4 cm³/mol. The van der Waals surface area contributed by atoms with Crippen LogP contribution in [0.25, 0.3) is 0 Å². The molecule has 1 N–H and O–H groups in total. The third-order valence-corrected chi connectivity index (χ3v) is 1.57. The lowest BCUT2D eigenvalue weighted by Crippen LogP contribution is -2.12. The van der Waals surface area contributed by atoms with Crippen molar-refractivity contribution in [1.29, 1.82) is 0 Å². The molecule has 3 nitrogen and oxygen atoms in total. The van der Waals surface area contributed by atoms with Crippen LogP contribution in [0.2, 0.25) is 0 Å². The summed E-state index contributed by atoms with van der Waals surface area (Å²) in [6.45, 7) is -2.69. The maximum absolute atomic E-state index is 8.36. The van der Waals surface area contributed by atoms with Gasteiger partial charge in [0.15, 0.2) is 0 Å². The van der Waals surface area contributed by atoms with Gasteiger partial charge in [-0.3, -0.25) is 0 Å². The van der Waals surface area contributed by atoms with E-state index >= 15 is 0 Å². The molecule has 6 heteroatoms. The summed E-state index contributed by atoms with van der Waals surface area (Å²) < 4.78 is 8.50. The first kappa shape index (κ1) is 4.75. The van der Waals surface area contributed by atoms with E-state index in [2.05, 4.69) is 20.7 Å². The van der Waals surface area contributed by atoms with Crippen LogP contribution in [-0.4, -0.2) is 12.6 Å². The van der Waals surface area contributed by atoms with E-state index in [1.54, 1.807) is 0 Å². The fraction of sp³-hybridized carbons (Fsp3) is 0. The minimum atomic E-state index is -2.69. The van der Waals surface area contributed by atoms with Gasteiger partial charge in [0.2, 0.25) is 0 Å². The van der Waals surface area contributed by atoms with E-state index in [1.165, 1.54) is 0 Å². The topological polar surface area (TPSA) is 38.7 Å². The van der Waals surface area contributed by atoms with Crippen LogP contribution in [0.15, 0.2) is 0 Å². The molecule has 0 aromatic heterocycles. The SMILES string of the molecule is OP1(=S)O[B]O1. The number of rotatable bonds is 0. The van der Waals surface area contributed by atoms with E-state index in [1.807, 2.05) is 0 Å². The van der Waals surface area contributed by atoms with E-state index in [9.17, 15) is 0 Å². The van der Waals surface area contributed by atoms with Crippen molar-refractivity contribution in [1.82, 2.24) is 0 Å². The number of hydrogen-bond donors (Lipinski definition) is 1. The summed E-state index contributed by atoms with van der Waals surface area (Å²) in [5.41, 5.74) is 0. The minimum Gasteiger partial charge on any atom is -0.343 e. The molecule has 0 aromatic rings. The maximum atomic E-state index is 8.36. The Morgan fingerprint density at radius 1 is 1.67 bits per heavy atom. The second kappa shape index (κ2) is 1.28. The van der Waals surface area contributed by atoms with Crippen LogP contribution in [0, 0.1) is 0 Å². The highest BCUT2D eigenvalue weighted by Gasteiger charge is 2.27. The summed E-state index contributed by atoms with van der Waals surface area (Å²) in [7, 11) is 1.03. The quantitative estimate of drug-likeness (QED) is 0.357. The van der Waals surface area contributed by atoms with Crippen molar-refractivity contribution >= 4 is 26.2 Å². The Balaban J connectivity index is 2.53. The number of hydrogen-bond acceptors (Lipinski definition) is 3. The van der Waals surface area contributed by atoms with Gasteiger partial charge in [-0.25, -0.2) is 0 Å². The second-order valence-corrected chi connectivity index (χ2v) is 3.52. The Hall–Kier alpha value is 0.595. The van der Waals surface area contributed by atoms with Crippen molar-refractivity contribution in [3.63, 3.8) is 0 Å². The molecule has 1 aliphatic rings. The fourth-order valence-electron chi connectivity index (χ4n) is 0.117. The van der Waals surface area contributed by atoms with Gasteiger partial charge in [-0.1, -0.05) is 0 Å². The zero-order valence-electron chi connectivity index (χ0n) is 2.70. The van der Waals surface area contributed by atoms with E-state index in [0.717, 1.165) is 7.69 Å². The van der Waals surface area contributed by atoms with Crippen LogP contribution in [-0.2, 0) is 20.7 Å². The molecule has 0 aliphatic carbocycles. The standard InChI is InChI=1S/BHO3PS/c2-5(6)3-1-4-5/h(H,2,6). The molecule has 1 aliphatic heterocycles. The van der Waals surface area contributed by atoms with Crippen LogP contribution in [0.1, 0.15) is 0 Å². The molecule has 1 heterocycles. The smallest absolute Gasteiger partial charge is 0.343 e. The molecule has 1 fully saturated rings. The zero-order valence-corrected chi connectivity index (χ0v) is 4.41. The summed E-state index contributed by atoms with van der Waals surface area (Å²) in [6.07, 6.45) is 0. The highest BCUT2D eigenvalue weighted by atomic mass is 32.5. The van der Waals surface area contributed by atoms with Crippen molar-refractivity contribution in [3.05, 3.63) is 0 Å². The van der Waals surface area contributed by atoms with Gasteiger partial charge in [0.05, 0.1) is 0 Å². The molecule has 0 atom stereocenters. The highest BCUT2D eigenvalue weighted by molar-refractivity contribution is 8.08. The monoisotopic (exact) mass is 123 g/mol. The molecule has 1 radical (unpaired) electrons. The van der Waals surface area contributed by atoms with E-state index in [-0.39, 0.29) is 0 Å². The molecule has 0 unspecified atom stereocenters. The summed E-state index contributed by atoms with van der Waals surface area (Å²) in [5, 5.41) is 0. The van der Waals surface area contributed by atoms with Gasteiger partial charge in [0, 0.05) is 0 Å². The first-order chi connectivity index (χ1) is 2.71. The summed E-state index contributed by atoms with van der Waals surface area (Å²) in [4.78, 5) is 8.36. The molecule has 6 heavy (non-hydrogen) atoms. The van der Waals surface area contributed by atoms with Gasteiger partial charge in [0.1, 0.15) is 0 Å². The first-order valence-electron chi connectivity index (χ1n) is 1.22. The first-order valence-corrected chi connectivity index (χ1v) is 3.81. The zero-order chi connectivity index (χ0) is 4.62. The molecular formula is HBO3PS. The summed E-state index contributed by atoms with van der Waals surface area (Å²) in [5.74, 6) is 0. The lowest BCUT2D eigenvalue weighted by molar-refractivity contribution is 0.293. The highest BCUT2D eigenvalue weighted by Crippen LogP contribution is 2.49. The van der Waals surface area contributed by atoms with Crippen LogP contribution in [0.3, 0.4) is 0 Å². The Morgan fingerprint density at radius 3 is 2.00 bits per heavy atom. The van der Waals surface area contributed by atoms with Gasteiger partial charge >= 0.3 is 7.69 Å². The lowest BCUT2D eigenvalue weighted by Gasteiger charge is -2.21. The molecule has 0 saturated carbocycles.